The highest BCUT2D eigenvalue weighted by Gasteiger charge is 2.04. The molecule has 1 unspecified atom stereocenters. The molecule has 1 rings (SSSR count). The average molecular weight is 211 g/mol. The summed E-state index contributed by atoms with van der Waals surface area (Å²) >= 11 is 0. The number of nitrogens with zero attached hydrogens (tertiary/aromatic N) is 2. The lowest BCUT2D eigenvalue weighted by atomic mass is 10.3. The maximum absolute atomic E-state index is 9.40. The van der Waals surface area contributed by atoms with Crippen LogP contribution < -0.4 is 5.32 Å². The van der Waals surface area contributed by atoms with Crippen LogP contribution in [0.2, 0.25) is 0 Å². The Kier molecular flexibility index (Phi) is 4.45. The van der Waals surface area contributed by atoms with Gasteiger partial charge in [-0.3, -0.25) is 4.98 Å². The minimum absolute atomic E-state index is 0.311. The van der Waals surface area contributed by atoms with Crippen LogP contribution in [0.1, 0.15) is 11.4 Å². The van der Waals surface area contributed by atoms with Crippen molar-refractivity contribution in [3.8, 4) is 0 Å². The van der Waals surface area contributed by atoms with E-state index in [1.54, 1.807) is 13.3 Å². The van der Waals surface area contributed by atoms with Crippen LogP contribution in [-0.2, 0) is 4.74 Å². The van der Waals surface area contributed by atoms with E-state index >= 15 is 0 Å². The Morgan fingerprint density at radius 3 is 2.80 bits per heavy atom. The van der Waals surface area contributed by atoms with Crippen molar-refractivity contribution in [1.29, 1.82) is 0 Å². The van der Waals surface area contributed by atoms with Gasteiger partial charge in [-0.2, -0.15) is 0 Å². The number of rotatable bonds is 5. The standard InChI is InChI=1S/C10H17N3O2/c1-7-8(2)13-10(5-11-7)12-4-9(14)6-15-3/h5,9,14H,4,6H2,1-3H3,(H,12,13). The molecule has 84 valence electrons. The number of hydrogen-bond donors (Lipinski definition) is 2. The number of ether oxygens (including phenoxy) is 1. The van der Waals surface area contributed by atoms with Crippen LogP contribution in [0.4, 0.5) is 5.82 Å². The van der Waals surface area contributed by atoms with E-state index in [2.05, 4.69) is 15.3 Å². The summed E-state index contributed by atoms with van der Waals surface area (Å²) < 4.78 is 4.81. The van der Waals surface area contributed by atoms with Gasteiger partial charge in [0.2, 0.25) is 0 Å². The van der Waals surface area contributed by atoms with E-state index in [1.807, 2.05) is 13.8 Å². The van der Waals surface area contributed by atoms with Gasteiger partial charge < -0.3 is 15.2 Å². The van der Waals surface area contributed by atoms with Gasteiger partial charge in [0, 0.05) is 13.7 Å². The molecular formula is C10H17N3O2. The number of hydrogen-bond acceptors (Lipinski definition) is 5. The molecular weight excluding hydrogens is 194 g/mol. The fourth-order valence-electron chi connectivity index (χ4n) is 1.10. The van der Waals surface area contributed by atoms with Crippen LogP contribution in [0, 0.1) is 13.8 Å². The average Bonchev–Trinajstić information content (AvgIpc) is 2.20. The second-order valence-corrected chi connectivity index (χ2v) is 3.42. The molecule has 0 bridgehead atoms. The van der Waals surface area contributed by atoms with Gasteiger partial charge in [0.15, 0.2) is 0 Å². The molecule has 0 spiro atoms. The molecule has 0 aliphatic heterocycles. The molecule has 1 aromatic heterocycles. The van der Waals surface area contributed by atoms with Crippen LogP contribution >= 0.6 is 0 Å². The minimum atomic E-state index is -0.529. The fourth-order valence-corrected chi connectivity index (χ4v) is 1.10. The highest BCUT2D eigenvalue weighted by Crippen LogP contribution is 2.05. The summed E-state index contributed by atoms with van der Waals surface area (Å²) in [5.74, 6) is 0.674. The van der Waals surface area contributed by atoms with Gasteiger partial charge in [-0.25, -0.2) is 4.98 Å². The smallest absolute Gasteiger partial charge is 0.144 e. The minimum Gasteiger partial charge on any atom is -0.389 e. The number of aliphatic hydroxyl groups is 1. The molecule has 15 heavy (non-hydrogen) atoms. The fraction of sp³-hybridized carbons (Fsp3) is 0.600. The summed E-state index contributed by atoms with van der Waals surface area (Å²) in [6.07, 6.45) is 1.13. The number of aliphatic hydroxyl groups excluding tert-OH is 1. The highest BCUT2D eigenvalue weighted by molar-refractivity contribution is 5.33. The maximum Gasteiger partial charge on any atom is 0.144 e. The highest BCUT2D eigenvalue weighted by atomic mass is 16.5. The summed E-state index contributed by atoms with van der Waals surface area (Å²) in [5.41, 5.74) is 1.80. The normalized spacial score (nSPS) is 12.5. The van der Waals surface area contributed by atoms with Crippen LogP contribution in [0.15, 0.2) is 6.20 Å². The van der Waals surface area contributed by atoms with Gasteiger partial charge in [-0.15, -0.1) is 0 Å². The van der Waals surface area contributed by atoms with Crippen molar-refractivity contribution in [2.45, 2.75) is 20.0 Å². The first-order valence-corrected chi connectivity index (χ1v) is 4.84. The van der Waals surface area contributed by atoms with Gasteiger partial charge in [0.1, 0.15) is 5.82 Å². The SMILES string of the molecule is COCC(O)CNc1cnc(C)c(C)n1. The topological polar surface area (TPSA) is 67.3 Å². The second kappa shape index (κ2) is 5.63. The van der Waals surface area contributed by atoms with Crippen molar-refractivity contribution in [3.63, 3.8) is 0 Å². The summed E-state index contributed by atoms with van der Waals surface area (Å²) in [4.78, 5) is 8.44. The van der Waals surface area contributed by atoms with Crippen molar-refractivity contribution in [2.75, 3.05) is 25.6 Å². The van der Waals surface area contributed by atoms with Crippen molar-refractivity contribution in [1.82, 2.24) is 9.97 Å². The maximum atomic E-state index is 9.40. The predicted molar refractivity (Wildman–Crippen MR) is 57.9 cm³/mol. The molecule has 0 radical (unpaired) electrons. The first-order valence-electron chi connectivity index (χ1n) is 4.84. The van der Waals surface area contributed by atoms with Crippen molar-refractivity contribution < 1.29 is 9.84 Å². The van der Waals surface area contributed by atoms with Gasteiger partial charge >= 0.3 is 0 Å². The molecule has 1 heterocycles. The molecule has 5 heteroatoms. The zero-order valence-electron chi connectivity index (χ0n) is 9.32. The monoisotopic (exact) mass is 211 g/mol. The van der Waals surface area contributed by atoms with Crippen molar-refractivity contribution >= 4 is 5.82 Å². The molecule has 0 fully saturated rings. The predicted octanol–water partition coefficient (Wildman–Crippen LogP) is 0.513. The molecule has 0 amide bonds. The summed E-state index contributed by atoms with van der Waals surface area (Å²) in [7, 11) is 1.55. The number of aryl methyl sites for hydroxylation is 2. The van der Waals surface area contributed by atoms with E-state index < -0.39 is 6.10 Å². The molecule has 0 aliphatic carbocycles. The third kappa shape index (κ3) is 3.81. The summed E-state index contributed by atoms with van der Waals surface area (Å²) in [6, 6.07) is 0. The Balaban J connectivity index is 2.47. The molecule has 1 atom stereocenters. The lowest BCUT2D eigenvalue weighted by molar-refractivity contribution is 0.0727. The lowest BCUT2D eigenvalue weighted by Gasteiger charge is -2.11. The van der Waals surface area contributed by atoms with E-state index in [1.165, 1.54) is 0 Å². The Labute approximate surface area is 89.5 Å². The first kappa shape index (κ1) is 11.9. The summed E-state index contributed by atoms with van der Waals surface area (Å²) in [6.45, 7) is 4.53. The van der Waals surface area contributed by atoms with Gasteiger partial charge in [0.25, 0.3) is 0 Å². The van der Waals surface area contributed by atoms with Gasteiger partial charge in [0.05, 0.1) is 30.3 Å². The van der Waals surface area contributed by atoms with E-state index in [-0.39, 0.29) is 0 Å². The lowest BCUT2D eigenvalue weighted by Crippen LogP contribution is -2.24. The number of anilines is 1. The number of aromatic nitrogens is 2. The van der Waals surface area contributed by atoms with Crippen LogP contribution in [0.25, 0.3) is 0 Å². The van der Waals surface area contributed by atoms with E-state index in [4.69, 9.17) is 4.74 Å². The zero-order valence-corrected chi connectivity index (χ0v) is 9.32. The Morgan fingerprint density at radius 2 is 2.20 bits per heavy atom. The summed E-state index contributed by atoms with van der Waals surface area (Å²) in [5, 5.41) is 12.4. The van der Waals surface area contributed by atoms with Crippen molar-refractivity contribution in [3.05, 3.63) is 17.6 Å². The quantitative estimate of drug-likeness (QED) is 0.743. The van der Waals surface area contributed by atoms with E-state index in [9.17, 15) is 5.11 Å². The molecule has 1 aromatic rings. The van der Waals surface area contributed by atoms with Crippen LogP contribution in [0.5, 0.6) is 0 Å². The molecule has 0 aliphatic rings. The molecule has 5 nitrogen and oxygen atoms in total. The van der Waals surface area contributed by atoms with Crippen molar-refractivity contribution in [2.24, 2.45) is 0 Å². The zero-order chi connectivity index (χ0) is 11.3. The van der Waals surface area contributed by atoms with Crippen LogP contribution in [-0.4, -0.2) is 41.4 Å². The Morgan fingerprint density at radius 1 is 1.47 bits per heavy atom. The second-order valence-electron chi connectivity index (χ2n) is 3.42. The van der Waals surface area contributed by atoms with Crippen LogP contribution in [0.3, 0.4) is 0 Å². The Bertz CT molecular complexity index is 318. The third-order valence-electron chi connectivity index (χ3n) is 2.07. The molecule has 2 N–H and O–H groups in total. The van der Waals surface area contributed by atoms with Gasteiger partial charge in [-0.1, -0.05) is 0 Å². The third-order valence-corrected chi connectivity index (χ3v) is 2.07. The van der Waals surface area contributed by atoms with E-state index in [0.717, 1.165) is 11.4 Å². The molecule has 0 saturated carbocycles. The number of methoxy groups -OCH3 is 1. The Hall–Kier alpha value is -1.20. The van der Waals surface area contributed by atoms with E-state index in [0.29, 0.717) is 19.0 Å². The van der Waals surface area contributed by atoms with Gasteiger partial charge in [-0.05, 0) is 13.8 Å². The molecule has 0 aromatic carbocycles. The first-order chi connectivity index (χ1) is 7.13. The molecule has 0 saturated heterocycles. The largest absolute Gasteiger partial charge is 0.389 e. The number of nitrogens with one attached hydrogen (secondary N) is 1.